The van der Waals surface area contributed by atoms with Crippen LogP contribution in [-0.4, -0.2) is 19.4 Å². The molecule has 0 bridgehead atoms. The fourth-order valence-corrected chi connectivity index (χ4v) is 2.25. The van der Waals surface area contributed by atoms with Gasteiger partial charge in [-0.3, -0.25) is 0 Å². The van der Waals surface area contributed by atoms with Gasteiger partial charge in [-0.05, 0) is 19.8 Å². The van der Waals surface area contributed by atoms with Gasteiger partial charge in [0.25, 0.3) is 0 Å². The van der Waals surface area contributed by atoms with E-state index in [9.17, 15) is 0 Å². The van der Waals surface area contributed by atoms with Crippen LogP contribution in [0.15, 0.2) is 0 Å². The molecule has 1 aliphatic rings. The van der Waals surface area contributed by atoms with Crippen LogP contribution in [0.5, 0.6) is 0 Å². The predicted octanol–water partition coefficient (Wildman–Crippen LogP) is 2.15. The highest BCUT2D eigenvalue weighted by Crippen LogP contribution is 2.41. The summed E-state index contributed by atoms with van der Waals surface area (Å²) in [6.45, 7) is 3.72. The minimum atomic E-state index is -0.472. The smallest absolute Gasteiger partial charge is 0.170 e. The van der Waals surface area contributed by atoms with Crippen LogP contribution in [0.4, 0.5) is 0 Å². The number of hydrogen-bond acceptors (Lipinski definition) is 2. The minimum absolute atomic E-state index is 0.472. The van der Waals surface area contributed by atoms with Crippen LogP contribution in [0.3, 0.4) is 0 Å². The molecule has 0 aromatic carbocycles. The van der Waals surface area contributed by atoms with Crippen LogP contribution in [0.2, 0.25) is 0 Å². The molecule has 1 aliphatic heterocycles. The lowest BCUT2D eigenvalue weighted by Gasteiger charge is -2.20. The van der Waals surface area contributed by atoms with Crippen molar-refractivity contribution < 1.29 is 9.05 Å². The molecule has 1 heterocycles. The summed E-state index contributed by atoms with van der Waals surface area (Å²) in [5, 5.41) is 0. The fraction of sp³-hybridized carbons (Fsp3) is 1.00. The van der Waals surface area contributed by atoms with Gasteiger partial charge in [-0.15, -0.1) is 0 Å². The van der Waals surface area contributed by atoms with Crippen LogP contribution in [-0.2, 0) is 9.05 Å². The average molecular weight is 148 g/mol. The molecule has 54 valence electrons. The largest absolute Gasteiger partial charge is 0.334 e. The quantitative estimate of drug-likeness (QED) is 0.558. The van der Waals surface area contributed by atoms with Gasteiger partial charge >= 0.3 is 0 Å². The van der Waals surface area contributed by atoms with E-state index in [-0.39, 0.29) is 0 Å². The van der Waals surface area contributed by atoms with Crippen molar-refractivity contribution >= 4 is 8.38 Å². The lowest BCUT2D eigenvalue weighted by molar-refractivity contribution is 0.239. The molecule has 0 aromatic rings. The zero-order valence-electron chi connectivity index (χ0n) is 5.80. The Labute approximate surface area is 57.5 Å². The maximum Gasteiger partial charge on any atom is 0.170 e. The first-order valence-electron chi connectivity index (χ1n) is 3.47. The van der Waals surface area contributed by atoms with Crippen molar-refractivity contribution in [1.82, 2.24) is 0 Å². The Morgan fingerprint density at radius 2 is 2.44 bits per heavy atom. The molecule has 1 saturated heterocycles. The summed E-state index contributed by atoms with van der Waals surface area (Å²) in [6, 6.07) is 0. The van der Waals surface area contributed by atoms with Gasteiger partial charge in [0, 0.05) is 6.16 Å². The zero-order valence-corrected chi connectivity index (χ0v) is 6.69. The molecule has 0 saturated carbocycles. The first-order chi connectivity index (χ1) is 4.43. The molecular weight excluding hydrogens is 135 g/mol. The standard InChI is InChI=1S/C6H13O2P/c1-2-7-9-6-4-3-5-8-9/h2-6H2,1H3. The monoisotopic (exact) mass is 148 g/mol. The summed E-state index contributed by atoms with van der Waals surface area (Å²) in [7, 11) is -0.472. The van der Waals surface area contributed by atoms with Gasteiger partial charge < -0.3 is 9.05 Å². The molecule has 1 fully saturated rings. The summed E-state index contributed by atoms with van der Waals surface area (Å²) < 4.78 is 10.7. The van der Waals surface area contributed by atoms with Crippen molar-refractivity contribution in [3.8, 4) is 0 Å². The SMILES string of the molecule is CCOP1CCCCO1. The molecule has 1 rings (SSSR count). The topological polar surface area (TPSA) is 18.5 Å². The van der Waals surface area contributed by atoms with Gasteiger partial charge in [0.05, 0.1) is 13.2 Å². The van der Waals surface area contributed by atoms with E-state index >= 15 is 0 Å². The highest BCUT2D eigenvalue weighted by molar-refractivity contribution is 7.47. The van der Waals surface area contributed by atoms with E-state index in [1.165, 1.54) is 12.8 Å². The van der Waals surface area contributed by atoms with Crippen LogP contribution in [0, 0.1) is 0 Å². The van der Waals surface area contributed by atoms with E-state index in [0.29, 0.717) is 0 Å². The van der Waals surface area contributed by atoms with E-state index in [0.717, 1.165) is 19.4 Å². The Bertz CT molecular complexity index is 68.7. The third-order valence-electron chi connectivity index (χ3n) is 1.24. The molecule has 0 amide bonds. The van der Waals surface area contributed by atoms with Crippen LogP contribution >= 0.6 is 8.38 Å². The molecule has 9 heavy (non-hydrogen) atoms. The van der Waals surface area contributed by atoms with Gasteiger partial charge in [-0.2, -0.15) is 0 Å². The number of rotatable bonds is 2. The molecular formula is C6H13O2P. The molecule has 2 nitrogen and oxygen atoms in total. The van der Waals surface area contributed by atoms with E-state index < -0.39 is 8.38 Å². The summed E-state index contributed by atoms with van der Waals surface area (Å²) >= 11 is 0. The van der Waals surface area contributed by atoms with Crippen molar-refractivity contribution in [3.63, 3.8) is 0 Å². The second-order valence-corrected chi connectivity index (χ2v) is 3.64. The molecule has 0 spiro atoms. The van der Waals surface area contributed by atoms with Gasteiger partial charge in [-0.25, -0.2) is 0 Å². The lowest BCUT2D eigenvalue weighted by Crippen LogP contribution is -2.03. The molecule has 1 atom stereocenters. The molecule has 1 unspecified atom stereocenters. The van der Waals surface area contributed by atoms with E-state index in [4.69, 9.17) is 9.05 Å². The van der Waals surface area contributed by atoms with Gasteiger partial charge in [0.2, 0.25) is 0 Å². The van der Waals surface area contributed by atoms with Crippen molar-refractivity contribution in [1.29, 1.82) is 0 Å². The predicted molar refractivity (Wildman–Crippen MR) is 38.6 cm³/mol. The van der Waals surface area contributed by atoms with Gasteiger partial charge in [0.15, 0.2) is 8.38 Å². The maximum absolute atomic E-state index is 5.36. The first-order valence-corrected chi connectivity index (χ1v) is 4.83. The third-order valence-corrected chi connectivity index (χ3v) is 2.94. The van der Waals surface area contributed by atoms with Gasteiger partial charge in [-0.1, -0.05) is 0 Å². The summed E-state index contributed by atoms with van der Waals surface area (Å²) in [6.07, 6.45) is 3.64. The van der Waals surface area contributed by atoms with Crippen molar-refractivity contribution in [3.05, 3.63) is 0 Å². The fourth-order valence-electron chi connectivity index (χ4n) is 0.820. The Kier molecular flexibility index (Phi) is 3.49. The lowest BCUT2D eigenvalue weighted by atomic mass is 10.4. The number of hydrogen-bond donors (Lipinski definition) is 0. The highest BCUT2D eigenvalue weighted by Gasteiger charge is 2.13. The summed E-state index contributed by atoms with van der Waals surface area (Å²) in [5.41, 5.74) is 0. The van der Waals surface area contributed by atoms with E-state index in [2.05, 4.69) is 0 Å². The average Bonchev–Trinajstić information content (AvgIpc) is 1.91. The molecule has 3 heteroatoms. The Balaban J connectivity index is 2.08. The first kappa shape index (κ1) is 7.46. The Morgan fingerprint density at radius 3 is 3.00 bits per heavy atom. The van der Waals surface area contributed by atoms with Crippen LogP contribution in [0.25, 0.3) is 0 Å². The second kappa shape index (κ2) is 4.21. The van der Waals surface area contributed by atoms with Crippen molar-refractivity contribution in [2.75, 3.05) is 19.4 Å². The van der Waals surface area contributed by atoms with Crippen molar-refractivity contribution in [2.45, 2.75) is 19.8 Å². The van der Waals surface area contributed by atoms with E-state index in [1.54, 1.807) is 0 Å². The van der Waals surface area contributed by atoms with Crippen molar-refractivity contribution in [2.24, 2.45) is 0 Å². The second-order valence-electron chi connectivity index (χ2n) is 2.01. The molecule has 0 radical (unpaired) electrons. The minimum Gasteiger partial charge on any atom is -0.334 e. The zero-order chi connectivity index (χ0) is 6.53. The molecule has 0 aliphatic carbocycles. The molecule has 0 N–H and O–H groups in total. The Hall–Kier alpha value is 0.350. The maximum atomic E-state index is 5.36. The normalized spacial score (nSPS) is 28.3. The summed E-state index contributed by atoms with van der Waals surface area (Å²) in [5.74, 6) is 0. The van der Waals surface area contributed by atoms with E-state index in [1.807, 2.05) is 6.92 Å². The van der Waals surface area contributed by atoms with Gasteiger partial charge in [0.1, 0.15) is 0 Å². The molecule has 0 aromatic heterocycles. The Morgan fingerprint density at radius 1 is 1.56 bits per heavy atom. The summed E-state index contributed by atoms with van der Waals surface area (Å²) in [4.78, 5) is 0. The third kappa shape index (κ3) is 2.61. The van der Waals surface area contributed by atoms with Crippen LogP contribution < -0.4 is 0 Å². The highest BCUT2D eigenvalue weighted by atomic mass is 31.2. The van der Waals surface area contributed by atoms with Crippen LogP contribution in [0.1, 0.15) is 19.8 Å².